The summed E-state index contributed by atoms with van der Waals surface area (Å²) in [4.78, 5) is 14.0. The Morgan fingerprint density at radius 3 is 2.42 bits per heavy atom. The van der Waals surface area contributed by atoms with Gasteiger partial charge in [-0.25, -0.2) is 8.42 Å². The first-order valence-corrected chi connectivity index (χ1v) is 10.4. The fraction of sp³-hybridized carbons (Fsp3) is 0.588. The van der Waals surface area contributed by atoms with Gasteiger partial charge >= 0.3 is 6.18 Å². The van der Waals surface area contributed by atoms with Gasteiger partial charge in [0.25, 0.3) is 0 Å². The van der Waals surface area contributed by atoms with Crippen molar-refractivity contribution in [2.45, 2.75) is 38.8 Å². The van der Waals surface area contributed by atoms with Crippen LogP contribution in [0.2, 0.25) is 0 Å². The Hall–Kier alpha value is -1.77. The first kappa shape index (κ1) is 20.5. The van der Waals surface area contributed by atoms with E-state index in [2.05, 4.69) is 5.32 Å². The summed E-state index contributed by atoms with van der Waals surface area (Å²) in [7, 11) is -3.58. The Balaban J connectivity index is 2.29. The molecule has 1 aliphatic rings. The van der Waals surface area contributed by atoms with E-state index in [4.69, 9.17) is 0 Å². The maximum atomic E-state index is 13.0. The van der Waals surface area contributed by atoms with Gasteiger partial charge in [-0.1, -0.05) is 6.92 Å². The normalized spacial score (nSPS) is 15.8. The van der Waals surface area contributed by atoms with Crippen LogP contribution < -0.4 is 10.2 Å². The molecule has 1 amide bonds. The molecule has 0 radical (unpaired) electrons. The lowest BCUT2D eigenvalue weighted by Gasteiger charge is -2.31. The maximum Gasteiger partial charge on any atom is 0.416 e. The summed E-state index contributed by atoms with van der Waals surface area (Å²) in [5, 5.41) is 2.38. The van der Waals surface area contributed by atoms with E-state index >= 15 is 0 Å². The molecule has 2 rings (SSSR count). The molecule has 1 aliphatic heterocycles. The molecular formula is C17H23F3N2O3S. The number of benzene rings is 1. The topological polar surface area (TPSA) is 66.5 Å². The summed E-state index contributed by atoms with van der Waals surface area (Å²) in [5.41, 5.74) is -0.401. The summed E-state index contributed by atoms with van der Waals surface area (Å²) in [5.74, 6) is -1.70. The molecule has 5 nitrogen and oxygen atoms in total. The number of sulfone groups is 1. The first-order valence-electron chi connectivity index (χ1n) is 8.59. The second kappa shape index (κ2) is 8.28. The van der Waals surface area contributed by atoms with Gasteiger partial charge < -0.3 is 10.2 Å². The van der Waals surface area contributed by atoms with Gasteiger partial charge in [0.05, 0.1) is 22.7 Å². The van der Waals surface area contributed by atoms with Crippen LogP contribution >= 0.6 is 0 Å². The van der Waals surface area contributed by atoms with Crippen molar-refractivity contribution in [2.75, 3.05) is 34.8 Å². The molecule has 1 N–H and O–H groups in total. The average Bonchev–Trinajstić information content (AvgIpc) is 2.54. The maximum absolute atomic E-state index is 13.0. The number of carbonyl (C=O) groups is 1. The number of nitrogens with one attached hydrogen (secondary N) is 1. The summed E-state index contributed by atoms with van der Waals surface area (Å²) in [6.45, 7) is 3.04. The van der Waals surface area contributed by atoms with E-state index in [1.165, 1.54) is 6.07 Å². The molecule has 0 aliphatic carbocycles. The highest BCUT2D eigenvalue weighted by Crippen LogP contribution is 2.36. The van der Waals surface area contributed by atoms with Crippen LogP contribution in [0.4, 0.5) is 24.5 Å². The van der Waals surface area contributed by atoms with E-state index in [9.17, 15) is 26.4 Å². The lowest BCUT2D eigenvalue weighted by atomic mass is 10.1. The number of carbonyl (C=O) groups excluding carboxylic acids is 1. The molecule has 1 fully saturated rings. The molecule has 1 aromatic carbocycles. The summed E-state index contributed by atoms with van der Waals surface area (Å²) in [6, 6.07) is 3.19. The largest absolute Gasteiger partial charge is 0.416 e. The fourth-order valence-corrected chi connectivity index (χ4v) is 4.23. The van der Waals surface area contributed by atoms with Gasteiger partial charge in [-0.3, -0.25) is 4.79 Å². The van der Waals surface area contributed by atoms with Crippen molar-refractivity contribution < 1.29 is 26.4 Å². The SMILES string of the molecule is CCCS(=O)(=O)CC(=O)Nc1cc(C(F)(F)F)ccc1N1CCCCC1. The number of hydrogen-bond donors (Lipinski definition) is 1. The summed E-state index contributed by atoms with van der Waals surface area (Å²) >= 11 is 0. The Morgan fingerprint density at radius 1 is 1.19 bits per heavy atom. The highest BCUT2D eigenvalue weighted by atomic mass is 32.2. The molecule has 0 aromatic heterocycles. The zero-order valence-corrected chi connectivity index (χ0v) is 15.4. The third-order valence-electron chi connectivity index (χ3n) is 4.16. The number of halogens is 3. The predicted molar refractivity (Wildman–Crippen MR) is 95.1 cm³/mol. The highest BCUT2D eigenvalue weighted by Gasteiger charge is 2.32. The van der Waals surface area contributed by atoms with Crippen molar-refractivity contribution in [2.24, 2.45) is 0 Å². The zero-order valence-electron chi connectivity index (χ0n) is 14.6. The Morgan fingerprint density at radius 2 is 1.85 bits per heavy atom. The Labute approximate surface area is 151 Å². The quantitative estimate of drug-likeness (QED) is 0.805. The molecule has 0 bridgehead atoms. The van der Waals surface area contributed by atoms with Crippen LogP contribution in [0.1, 0.15) is 38.2 Å². The van der Waals surface area contributed by atoms with Crippen molar-refractivity contribution in [3.63, 3.8) is 0 Å². The molecule has 26 heavy (non-hydrogen) atoms. The molecule has 0 atom stereocenters. The molecule has 0 unspecified atom stereocenters. The van der Waals surface area contributed by atoms with E-state index in [1.807, 2.05) is 4.90 Å². The number of alkyl halides is 3. The Kier molecular flexibility index (Phi) is 6.54. The summed E-state index contributed by atoms with van der Waals surface area (Å²) < 4.78 is 62.7. The van der Waals surface area contributed by atoms with Gasteiger partial charge in [0.2, 0.25) is 5.91 Å². The molecule has 1 aromatic rings. The second-order valence-electron chi connectivity index (χ2n) is 6.42. The van der Waals surface area contributed by atoms with E-state index in [0.717, 1.165) is 31.4 Å². The minimum atomic E-state index is -4.55. The minimum absolute atomic E-state index is 0.00146. The standard InChI is InChI=1S/C17H23F3N2O3S/c1-2-10-26(24,25)12-16(23)21-14-11-13(17(18,19)20)6-7-15(14)22-8-4-3-5-9-22/h6-7,11H,2-5,8-10,12H2,1H3,(H,21,23). The first-order chi connectivity index (χ1) is 12.1. The monoisotopic (exact) mass is 392 g/mol. The molecule has 1 heterocycles. The number of rotatable bonds is 6. The number of amides is 1. The molecule has 0 spiro atoms. The van der Waals surface area contributed by atoms with E-state index in [1.54, 1.807) is 6.92 Å². The van der Waals surface area contributed by atoms with Crippen molar-refractivity contribution in [1.82, 2.24) is 0 Å². The number of hydrogen-bond acceptors (Lipinski definition) is 4. The smallest absolute Gasteiger partial charge is 0.370 e. The fourth-order valence-electron chi connectivity index (χ4n) is 2.99. The lowest BCUT2D eigenvalue weighted by Crippen LogP contribution is -2.31. The van der Waals surface area contributed by atoms with Gasteiger partial charge in [0.15, 0.2) is 9.84 Å². The van der Waals surface area contributed by atoms with Crippen LogP contribution in [-0.2, 0) is 20.8 Å². The van der Waals surface area contributed by atoms with Crippen LogP contribution in [-0.4, -0.2) is 38.9 Å². The number of anilines is 2. The van der Waals surface area contributed by atoms with Gasteiger partial charge in [0.1, 0.15) is 5.75 Å². The molecular weight excluding hydrogens is 369 g/mol. The van der Waals surface area contributed by atoms with Gasteiger partial charge in [-0.2, -0.15) is 13.2 Å². The molecule has 146 valence electrons. The van der Waals surface area contributed by atoms with Gasteiger partial charge in [0, 0.05) is 13.1 Å². The third kappa shape index (κ3) is 5.62. The molecule has 0 saturated carbocycles. The van der Waals surface area contributed by atoms with E-state index in [0.29, 0.717) is 25.2 Å². The number of nitrogens with zero attached hydrogens (tertiary/aromatic N) is 1. The zero-order chi connectivity index (χ0) is 19.4. The van der Waals surface area contributed by atoms with E-state index < -0.39 is 33.2 Å². The molecule has 9 heteroatoms. The third-order valence-corrected chi connectivity index (χ3v) is 5.89. The van der Waals surface area contributed by atoms with E-state index in [-0.39, 0.29) is 11.4 Å². The summed E-state index contributed by atoms with van der Waals surface area (Å²) in [6.07, 6.45) is -1.29. The average molecular weight is 392 g/mol. The van der Waals surface area contributed by atoms with Crippen molar-refractivity contribution >= 4 is 27.1 Å². The molecule has 1 saturated heterocycles. The van der Waals surface area contributed by atoms with Gasteiger partial charge in [-0.15, -0.1) is 0 Å². The second-order valence-corrected chi connectivity index (χ2v) is 8.60. The Bertz CT molecular complexity index is 742. The van der Waals surface area contributed by atoms with Crippen molar-refractivity contribution in [3.8, 4) is 0 Å². The van der Waals surface area contributed by atoms with Crippen molar-refractivity contribution in [1.29, 1.82) is 0 Å². The van der Waals surface area contributed by atoms with Crippen LogP contribution in [0.3, 0.4) is 0 Å². The highest BCUT2D eigenvalue weighted by molar-refractivity contribution is 7.92. The van der Waals surface area contributed by atoms with Crippen LogP contribution in [0.5, 0.6) is 0 Å². The van der Waals surface area contributed by atoms with Crippen molar-refractivity contribution in [3.05, 3.63) is 23.8 Å². The van der Waals surface area contributed by atoms with Gasteiger partial charge in [-0.05, 0) is 43.9 Å². The minimum Gasteiger partial charge on any atom is -0.370 e. The number of piperidine rings is 1. The van der Waals surface area contributed by atoms with Crippen LogP contribution in [0.15, 0.2) is 18.2 Å². The van der Waals surface area contributed by atoms with Crippen LogP contribution in [0, 0.1) is 0 Å². The lowest BCUT2D eigenvalue weighted by molar-refractivity contribution is -0.137. The predicted octanol–water partition coefficient (Wildman–Crippen LogP) is 3.46. The van der Waals surface area contributed by atoms with Crippen LogP contribution in [0.25, 0.3) is 0 Å².